The van der Waals surface area contributed by atoms with E-state index in [4.69, 9.17) is 28.3 Å². The smallest absolute Gasteiger partial charge is 0.257 e. The number of piperidine rings is 1. The van der Waals surface area contributed by atoms with Crippen molar-refractivity contribution in [2.24, 2.45) is 0 Å². The molecule has 1 saturated heterocycles. The predicted molar refractivity (Wildman–Crippen MR) is 171 cm³/mol. The molecule has 2 atom stereocenters. The number of rotatable bonds is 7. The van der Waals surface area contributed by atoms with Gasteiger partial charge in [0.15, 0.2) is 11.2 Å². The summed E-state index contributed by atoms with van der Waals surface area (Å²) in [6.07, 6.45) is 9.15. The van der Waals surface area contributed by atoms with Gasteiger partial charge in [0.1, 0.15) is 11.7 Å². The molecule has 1 aliphatic carbocycles. The SMILES string of the molecule is O=C(Nc1nccs1)C(c1ncn2c1C[C@@H](F)C2)n1cc2c(Cl)cc(-c3ccc(C4CCN(C5CC5)CC4)cc3)c(Cl)c2n1. The summed E-state index contributed by atoms with van der Waals surface area (Å²) >= 11 is 15.2. The Balaban J connectivity index is 1.12. The molecule has 8 rings (SSSR count). The van der Waals surface area contributed by atoms with Crippen molar-refractivity contribution < 1.29 is 9.18 Å². The number of benzene rings is 2. The highest BCUT2D eigenvalue weighted by Gasteiger charge is 2.35. The van der Waals surface area contributed by atoms with Crippen LogP contribution in [-0.4, -0.2) is 60.4 Å². The molecule has 226 valence electrons. The molecule has 0 spiro atoms. The molecule has 5 aromatic rings. The quantitative estimate of drug-likeness (QED) is 0.203. The van der Waals surface area contributed by atoms with Crippen LogP contribution in [0.25, 0.3) is 22.0 Å². The Morgan fingerprint density at radius 2 is 1.89 bits per heavy atom. The molecule has 1 amide bonds. The first-order valence-electron chi connectivity index (χ1n) is 15.0. The molecule has 2 fully saturated rings. The van der Waals surface area contributed by atoms with Crippen molar-refractivity contribution >= 4 is 56.5 Å². The van der Waals surface area contributed by atoms with Crippen LogP contribution < -0.4 is 5.32 Å². The lowest BCUT2D eigenvalue weighted by Gasteiger charge is -2.32. The number of alkyl halides is 1. The predicted octanol–water partition coefficient (Wildman–Crippen LogP) is 7.13. The minimum atomic E-state index is -1.03. The standard InChI is InChI=1S/C32H30Cl2FN7OS/c33-25-14-23(20-3-1-18(2-4-20)19-7-10-40(11-8-19)22-5-6-22)27(34)28-24(25)16-42(39-28)30(31(43)38-32-36-9-12-44-32)29-26-13-21(35)15-41(26)17-37-29/h1-4,9,12,14,16-17,19,21-22,30H,5-8,10-11,13,15H2,(H,36,38,43)/t21-,30?/m1/s1. The van der Waals surface area contributed by atoms with Crippen molar-refractivity contribution in [2.45, 2.75) is 62.8 Å². The van der Waals surface area contributed by atoms with Crippen molar-refractivity contribution in [1.82, 2.24) is 29.2 Å². The second kappa shape index (κ2) is 11.2. The summed E-state index contributed by atoms with van der Waals surface area (Å²) in [5, 5.41) is 11.4. The number of hydrogen-bond donors (Lipinski definition) is 1. The average molecular weight is 651 g/mol. The monoisotopic (exact) mass is 649 g/mol. The molecule has 8 nitrogen and oxygen atoms in total. The largest absolute Gasteiger partial charge is 0.331 e. The number of anilines is 1. The van der Waals surface area contributed by atoms with Gasteiger partial charge in [0.2, 0.25) is 0 Å². The number of amides is 1. The fourth-order valence-corrected chi connectivity index (χ4v) is 7.87. The number of fused-ring (bicyclic) bond motifs is 2. The fraction of sp³-hybridized carbons (Fsp3) is 0.375. The van der Waals surface area contributed by atoms with E-state index >= 15 is 0 Å². The Hall–Kier alpha value is -3.31. The molecule has 1 saturated carbocycles. The zero-order valence-corrected chi connectivity index (χ0v) is 26.1. The third-order valence-corrected chi connectivity index (χ3v) is 10.6. The summed E-state index contributed by atoms with van der Waals surface area (Å²) in [7, 11) is 0. The molecule has 3 aromatic heterocycles. The summed E-state index contributed by atoms with van der Waals surface area (Å²) < 4.78 is 17.6. The Morgan fingerprint density at radius 1 is 1.09 bits per heavy atom. The van der Waals surface area contributed by atoms with Crippen molar-refractivity contribution in [1.29, 1.82) is 0 Å². The number of likely N-dealkylation sites (tertiary alicyclic amines) is 1. The molecular weight excluding hydrogens is 620 g/mol. The number of carbonyl (C=O) groups excluding carboxylic acids is 1. The third kappa shape index (κ3) is 5.11. The first kappa shape index (κ1) is 28.2. The van der Waals surface area contributed by atoms with Crippen LogP contribution in [0.1, 0.15) is 54.6 Å². The molecule has 12 heteroatoms. The van der Waals surface area contributed by atoms with Gasteiger partial charge in [-0.15, -0.1) is 11.3 Å². The molecule has 0 radical (unpaired) electrons. The van der Waals surface area contributed by atoms with Gasteiger partial charge in [0.25, 0.3) is 5.91 Å². The van der Waals surface area contributed by atoms with Crippen LogP contribution in [0.3, 0.4) is 0 Å². The molecule has 0 bridgehead atoms. The third-order valence-electron chi connectivity index (χ3n) is 9.21. The first-order chi connectivity index (χ1) is 21.4. The van der Waals surface area contributed by atoms with E-state index in [0.29, 0.717) is 43.4 Å². The number of thiazole rings is 1. The number of nitrogens with one attached hydrogen (secondary N) is 1. The Labute approximate surface area is 267 Å². The van der Waals surface area contributed by atoms with Crippen LogP contribution in [0.15, 0.2) is 54.4 Å². The summed E-state index contributed by atoms with van der Waals surface area (Å²) in [4.78, 5) is 25.1. The van der Waals surface area contributed by atoms with Crippen LogP contribution in [0, 0.1) is 0 Å². The van der Waals surface area contributed by atoms with E-state index in [-0.39, 0.29) is 18.9 Å². The van der Waals surface area contributed by atoms with Gasteiger partial charge in [0.05, 0.1) is 28.6 Å². The highest BCUT2D eigenvalue weighted by Crippen LogP contribution is 2.41. The van der Waals surface area contributed by atoms with Crippen LogP contribution in [0.2, 0.25) is 10.0 Å². The van der Waals surface area contributed by atoms with Crippen LogP contribution in [0.4, 0.5) is 9.52 Å². The molecule has 3 aliphatic rings. The first-order valence-corrected chi connectivity index (χ1v) is 16.7. The topological polar surface area (TPSA) is 80.9 Å². The molecular formula is C32H30Cl2FN7OS. The van der Waals surface area contributed by atoms with Gasteiger partial charge in [0, 0.05) is 46.9 Å². The maximum Gasteiger partial charge on any atom is 0.257 e. The molecule has 2 aliphatic heterocycles. The normalized spacial score (nSPS) is 19.8. The van der Waals surface area contributed by atoms with E-state index in [1.54, 1.807) is 28.7 Å². The van der Waals surface area contributed by atoms with Gasteiger partial charge in [-0.2, -0.15) is 5.10 Å². The van der Waals surface area contributed by atoms with Gasteiger partial charge < -0.3 is 9.47 Å². The zero-order chi connectivity index (χ0) is 29.9. The summed E-state index contributed by atoms with van der Waals surface area (Å²) in [5.74, 6) is 0.184. The number of nitrogens with zero attached hydrogens (tertiary/aromatic N) is 6. The second-order valence-corrected chi connectivity index (χ2v) is 13.7. The van der Waals surface area contributed by atoms with Gasteiger partial charge >= 0.3 is 0 Å². The van der Waals surface area contributed by atoms with Crippen molar-refractivity contribution in [3.05, 3.63) is 81.4 Å². The average Bonchev–Trinajstić information content (AvgIpc) is 3.31. The van der Waals surface area contributed by atoms with E-state index in [1.807, 2.05) is 6.07 Å². The van der Waals surface area contributed by atoms with E-state index in [2.05, 4.69) is 44.5 Å². The van der Waals surface area contributed by atoms with Gasteiger partial charge in [-0.25, -0.2) is 14.4 Å². The number of imidazole rings is 1. The van der Waals surface area contributed by atoms with Crippen molar-refractivity contribution in [2.75, 3.05) is 18.4 Å². The van der Waals surface area contributed by atoms with Gasteiger partial charge in [-0.1, -0.05) is 47.5 Å². The lowest BCUT2D eigenvalue weighted by Crippen LogP contribution is -2.34. The van der Waals surface area contributed by atoms with Crippen LogP contribution >= 0.6 is 34.5 Å². The Morgan fingerprint density at radius 3 is 2.61 bits per heavy atom. The zero-order valence-electron chi connectivity index (χ0n) is 23.8. The van der Waals surface area contributed by atoms with Crippen molar-refractivity contribution in [3.8, 4) is 11.1 Å². The Bertz CT molecular complexity index is 1840. The Kier molecular flexibility index (Phi) is 7.20. The van der Waals surface area contributed by atoms with E-state index in [1.165, 1.54) is 60.4 Å². The maximum absolute atomic E-state index is 14.3. The van der Waals surface area contributed by atoms with Crippen LogP contribution in [-0.2, 0) is 17.8 Å². The highest BCUT2D eigenvalue weighted by molar-refractivity contribution is 7.13. The van der Waals surface area contributed by atoms with E-state index in [0.717, 1.165) is 17.2 Å². The molecule has 2 aromatic carbocycles. The van der Waals surface area contributed by atoms with Crippen LogP contribution in [0.5, 0.6) is 0 Å². The summed E-state index contributed by atoms with van der Waals surface area (Å²) in [5.41, 5.74) is 4.68. The molecule has 5 heterocycles. The number of aromatic nitrogens is 5. The number of halogens is 3. The van der Waals surface area contributed by atoms with Crippen molar-refractivity contribution in [3.63, 3.8) is 0 Å². The maximum atomic E-state index is 14.3. The minimum absolute atomic E-state index is 0.179. The lowest BCUT2D eigenvalue weighted by molar-refractivity contribution is -0.118. The molecule has 1 N–H and O–H groups in total. The van der Waals surface area contributed by atoms with E-state index < -0.39 is 12.2 Å². The molecule has 1 unspecified atom stereocenters. The second-order valence-electron chi connectivity index (χ2n) is 12.0. The van der Waals surface area contributed by atoms with Gasteiger partial charge in [-0.3, -0.25) is 14.8 Å². The fourth-order valence-electron chi connectivity index (χ4n) is 6.79. The number of carbonyl (C=O) groups is 1. The highest BCUT2D eigenvalue weighted by atomic mass is 35.5. The lowest BCUT2D eigenvalue weighted by atomic mass is 9.88. The summed E-state index contributed by atoms with van der Waals surface area (Å²) in [6, 6.07) is 10.3. The number of hydrogen-bond acceptors (Lipinski definition) is 6. The van der Waals surface area contributed by atoms with Gasteiger partial charge in [-0.05, 0) is 61.9 Å². The minimum Gasteiger partial charge on any atom is -0.331 e. The molecule has 44 heavy (non-hydrogen) atoms. The summed E-state index contributed by atoms with van der Waals surface area (Å²) in [6.45, 7) is 2.57. The van der Waals surface area contributed by atoms with E-state index in [9.17, 15) is 9.18 Å².